The van der Waals surface area contributed by atoms with Crippen molar-refractivity contribution in [2.24, 2.45) is 0 Å². The van der Waals surface area contributed by atoms with E-state index in [9.17, 15) is 0 Å². The minimum absolute atomic E-state index is 0.461. The van der Waals surface area contributed by atoms with Crippen molar-refractivity contribution in [2.75, 3.05) is 0 Å². The molecule has 1 aromatic heterocycles. The van der Waals surface area contributed by atoms with Crippen molar-refractivity contribution >= 4 is 23.2 Å². The van der Waals surface area contributed by atoms with Crippen LogP contribution in [0.25, 0.3) is 0 Å². The zero-order valence-electron chi connectivity index (χ0n) is 8.00. The van der Waals surface area contributed by atoms with Gasteiger partial charge in [-0.15, -0.1) is 11.6 Å². The van der Waals surface area contributed by atoms with Crippen LogP contribution in [-0.4, -0.2) is 9.97 Å². The normalized spacial score (nSPS) is 10.5. The molecule has 1 aromatic carbocycles. The monoisotopic (exact) mass is 240 g/mol. The van der Waals surface area contributed by atoms with Crippen molar-refractivity contribution in [3.05, 3.63) is 52.6 Å². The van der Waals surface area contributed by atoms with Crippen LogP contribution in [0, 0.1) is 0 Å². The Labute approximate surface area is 98.3 Å². The fourth-order valence-corrected chi connectivity index (χ4v) is 1.75. The first-order chi connectivity index (χ1) is 7.28. The molecule has 15 heavy (non-hydrogen) atoms. The second-order valence-electron chi connectivity index (χ2n) is 3.30. The predicted molar refractivity (Wildman–Crippen MR) is 62.4 cm³/mol. The molecule has 0 saturated heterocycles. The number of aromatic nitrogens is 2. The summed E-state index contributed by atoms with van der Waals surface area (Å²) in [6.45, 7) is 0. The first kappa shape index (κ1) is 10.5. The highest BCUT2D eigenvalue weighted by atomic mass is 35.5. The predicted octanol–water partition coefficient (Wildman–Crippen LogP) is 3.39. The summed E-state index contributed by atoms with van der Waals surface area (Å²) in [5, 5.41) is 0.747. The van der Waals surface area contributed by atoms with E-state index in [1.165, 1.54) is 0 Å². The van der Waals surface area contributed by atoms with E-state index < -0.39 is 0 Å². The maximum absolute atomic E-state index is 5.89. The standard InChI is InChI=1S/C11H10Cl2N2/c12-6-10-7-14-11(15-10)5-8-2-1-3-9(13)4-8/h1-4,7H,5-6H2,(H,14,15). The van der Waals surface area contributed by atoms with Gasteiger partial charge in [-0.2, -0.15) is 0 Å². The molecule has 0 amide bonds. The van der Waals surface area contributed by atoms with Crippen molar-refractivity contribution < 1.29 is 0 Å². The molecule has 0 unspecified atom stereocenters. The number of rotatable bonds is 3. The zero-order valence-corrected chi connectivity index (χ0v) is 9.52. The van der Waals surface area contributed by atoms with Crippen molar-refractivity contribution in [2.45, 2.75) is 12.3 Å². The van der Waals surface area contributed by atoms with Crippen LogP contribution in [-0.2, 0) is 12.3 Å². The van der Waals surface area contributed by atoms with Gasteiger partial charge >= 0.3 is 0 Å². The van der Waals surface area contributed by atoms with Crippen LogP contribution >= 0.6 is 23.2 Å². The van der Waals surface area contributed by atoms with Crippen LogP contribution in [0.15, 0.2) is 30.5 Å². The van der Waals surface area contributed by atoms with Crippen molar-refractivity contribution in [3.8, 4) is 0 Å². The van der Waals surface area contributed by atoms with Gasteiger partial charge in [0.15, 0.2) is 0 Å². The highest BCUT2D eigenvalue weighted by molar-refractivity contribution is 6.30. The molecule has 0 radical (unpaired) electrons. The van der Waals surface area contributed by atoms with E-state index in [4.69, 9.17) is 23.2 Å². The third-order valence-electron chi connectivity index (χ3n) is 2.09. The molecule has 0 bridgehead atoms. The van der Waals surface area contributed by atoms with Gasteiger partial charge in [0.2, 0.25) is 0 Å². The molecule has 0 atom stereocenters. The number of hydrogen-bond donors (Lipinski definition) is 1. The topological polar surface area (TPSA) is 28.7 Å². The molecule has 0 aliphatic heterocycles. The second-order valence-corrected chi connectivity index (χ2v) is 4.00. The summed E-state index contributed by atoms with van der Waals surface area (Å²) in [5.41, 5.74) is 2.08. The SMILES string of the molecule is ClCc1cnc(Cc2cccc(Cl)c2)[nH]1. The fraction of sp³-hybridized carbons (Fsp3) is 0.182. The summed E-state index contributed by atoms with van der Waals surface area (Å²) in [6, 6.07) is 7.75. The Morgan fingerprint density at radius 1 is 1.33 bits per heavy atom. The Bertz CT molecular complexity index is 451. The van der Waals surface area contributed by atoms with Gasteiger partial charge in [-0.1, -0.05) is 23.7 Å². The molecule has 2 nitrogen and oxygen atoms in total. The Balaban J connectivity index is 2.14. The second kappa shape index (κ2) is 4.69. The number of imidazole rings is 1. The summed E-state index contributed by atoms with van der Waals surface area (Å²) in [4.78, 5) is 7.37. The van der Waals surface area contributed by atoms with Crippen LogP contribution in [0.5, 0.6) is 0 Å². The van der Waals surface area contributed by atoms with E-state index in [0.717, 1.165) is 28.5 Å². The zero-order chi connectivity index (χ0) is 10.7. The van der Waals surface area contributed by atoms with E-state index in [1.54, 1.807) is 6.20 Å². The molecule has 0 saturated carbocycles. The average Bonchev–Trinajstić information content (AvgIpc) is 2.65. The Morgan fingerprint density at radius 2 is 2.20 bits per heavy atom. The number of H-pyrrole nitrogens is 1. The lowest BCUT2D eigenvalue weighted by molar-refractivity contribution is 1.01. The van der Waals surface area contributed by atoms with E-state index in [1.807, 2.05) is 24.3 Å². The lowest BCUT2D eigenvalue weighted by Crippen LogP contribution is -1.90. The highest BCUT2D eigenvalue weighted by Gasteiger charge is 2.01. The molecular weight excluding hydrogens is 231 g/mol. The molecule has 0 fully saturated rings. The molecular formula is C11H10Cl2N2. The molecule has 0 spiro atoms. The average molecular weight is 241 g/mol. The molecule has 1 N–H and O–H groups in total. The minimum atomic E-state index is 0.461. The number of halogens is 2. The van der Waals surface area contributed by atoms with Gasteiger partial charge in [0, 0.05) is 23.3 Å². The van der Waals surface area contributed by atoms with Crippen molar-refractivity contribution in [1.29, 1.82) is 0 Å². The van der Waals surface area contributed by atoms with E-state index in [0.29, 0.717) is 5.88 Å². The minimum Gasteiger partial charge on any atom is -0.345 e. The third kappa shape index (κ3) is 2.74. The molecule has 78 valence electrons. The Kier molecular flexibility index (Phi) is 3.29. The van der Waals surface area contributed by atoms with E-state index >= 15 is 0 Å². The van der Waals surface area contributed by atoms with Gasteiger partial charge in [0.05, 0.1) is 5.88 Å². The van der Waals surface area contributed by atoms with Crippen LogP contribution in [0.3, 0.4) is 0 Å². The smallest absolute Gasteiger partial charge is 0.110 e. The number of nitrogens with one attached hydrogen (secondary N) is 1. The number of hydrogen-bond acceptors (Lipinski definition) is 1. The largest absolute Gasteiger partial charge is 0.345 e. The summed E-state index contributed by atoms with van der Waals surface area (Å²) in [5.74, 6) is 1.37. The van der Waals surface area contributed by atoms with Gasteiger partial charge in [0.25, 0.3) is 0 Å². The first-order valence-electron chi connectivity index (χ1n) is 4.61. The molecule has 4 heteroatoms. The van der Waals surface area contributed by atoms with Crippen LogP contribution < -0.4 is 0 Å². The molecule has 0 aliphatic rings. The van der Waals surface area contributed by atoms with Crippen LogP contribution in [0.4, 0.5) is 0 Å². The van der Waals surface area contributed by atoms with Gasteiger partial charge in [-0.05, 0) is 17.7 Å². The fourth-order valence-electron chi connectivity index (χ4n) is 1.40. The van der Waals surface area contributed by atoms with Crippen molar-refractivity contribution in [3.63, 3.8) is 0 Å². The summed E-state index contributed by atoms with van der Waals surface area (Å²) in [6.07, 6.45) is 2.50. The number of alkyl halides is 1. The van der Waals surface area contributed by atoms with Gasteiger partial charge in [-0.3, -0.25) is 0 Å². The Hall–Kier alpha value is -0.990. The number of nitrogens with zero attached hydrogens (tertiary/aromatic N) is 1. The number of aromatic amines is 1. The van der Waals surface area contributed by atoms with E-state index in [2.05, 4.69) is 9.97 Å². The molecule has 0 aliphatic carbocycles. The maximum Gasteiger partial charge on any atom is 0.110 e. The maximum atomic E-state index is 5.89. The van der Waals surface area contributed by atoms with Gasteiger partial charge in [0.1, 0.15) is 5.82 Å². The number of benzene rings is 1. The van der Waals surface area contributed by atoms with Crippen molar-refractivity contribution in [1.82, 2.24) is 9.97 Å². The van der Waals surface area contributed by atoms with Crippen LogP contribution in [0.2, 0.25) is 5.02 Å². The highest BCUT2D eigenvalue weighted by Crippen LogP contribution is 2.13. The van der Waals surface area contributed by atoms with Gasteiger partial charge < -0.3 is 4.98 Å². The molecule has 2 rings (SSSR count). The summed E-state index contributed by atoms with van der Waals surface area (Å²) >= 11 is 11.6. The lowest BCUT2D eigenvalue weighted by atomic mass is 10.1. The van der Waals surface area contributed by atoms with E-state index in [-0.39, 0.29) is 0 Å². The van der Waals surface area contributed by atoms with Crippen LogP contribution in [0.1, 0.15) is 17.1 Å². The summed E-state index contributed by atoms with van der Waals surface area (Å²) < 4.78 is 0. The first-order valence-corrected chi connectivity index (χ1v) is 5.52. The third-order valence-corrected chi connectivity index (χ3v) is 2.61. The lowest BCUT2D eigenvalue weighted by Gasteiger charge is -1.98. The molecule has 2 aromatic rings. The van der Waals surface area contributed by atoms with Gasteiger partial charge in [-0.25, -0.2) is 4.98 Å². The summed E-state index contributed by atoms with van der Waals surface area (Å²) in [7, 11) is 0. The quantitative estimate of drug-likeness (QED) is 0.819. The molecule has 1 heterocycles. The Morgan fingerprint density at radius 3 is 2.87 bits per heavy atom.